The van der Waals surface area contributed by atoms with E-state index in [0.717, 1.165) is 6.07 Å². The molecule has 0 amide bonds. The van der Waals surface area contributed by atoms with Crippen LogP contribution in [-0.2, 0) is 6.18 Å². The molecule has 0 atom stereocenters. The van der Waals surface area contributed by atoms with E-state index in [-0.39, 0.29) is 0 Å². The van der Waals surface area contributed by atoms with Crippen LogP contribution in [0.1, 0.15) is 5.56 Å². The Labute approximate surface area is 81.6 Å². The lowest BCUT2D eigenvalue weighted by Crippen LogP contribution is -2.11. The maximum absolute atomic E-state index is 12.3. The van der Waals surface area contributed by atoms with Crippen LogP contribution in [0.4, 0.5) is 30.2 Å². The van der Waals surface area contributed by atoms with Crippen molar-refractivity contribution in [3.05, 3.63) is 27.8 Å². The Morgan fingerprint density at radius 2 is 1.80 bits per heavy atom. The summed E-state index contributed by atoms with van der Waals surface area (Å²) >= 11 is 0. The standard InChI is InChI=1S/C7H6F3N3O2/c8-7(9,10)3-1-2-4(11)6(5(3)12)13(14)15/h1-2H,11-12H2. The second-order valence-corrected chi connectivity index (χ2v) is 2.72. The highest BCUT2D eigenvalue weighted by Crippen LogP contribution is 2.40. The zero-order valence-corrected chi connectivity index (χ0v) is 7.21. The lowest BCUT2D eigenvalue weighted by atomic mass is 10.1. The van der Waals surface area contributed by atoms with Crippen molar-refractivity contribution in [1.82, 2.24) is 0 Å². The van der Waals surface area contributed by atoms with Crippen molar-refractivity contribution < 1.29 is 18.1 Å². The number of nitrogen functional groups attached to an aromatic ring is 2. The largest absolute Gasteiger partial charge is 0.418 e. The van der Waals surface area contributed by atoms with Gasteiger partial charge in [0.2, 0.25) is 0 Å². The van der Waals surface area contributed by atoms with Crippen LogP contribution < -0.4 is 11.5 Å². The Balaban J connectivity index is 3.49. The molecule has 0 aromatic heterocycles. The summed E-state index contributed by atoms with van der Waals surface area (Å²) in [4.78, 5) is 9.36. The summed E-state index contributed by atoms with van der Waals surface area (Å²) < 4.78 is 36.8. The normalized spacial score (nSPS) is 11.4. The molecule has 1 aromatic rings. The van der Waals surface area contributed by atoms with E-state index in [2.05, 4.69) is 0 Å². The fourth-order valence-electron chi connectivity index (χ4n) is 1.08. The van der Waals surface area contributed by atoms with Gasteiger partial charge >= 0.3 is 11.9 Å². The van der Waals surface area contributed by atoms with Crippen molar-refractivity contribution in [2.75, 3.05) is 11.5 Å². The number of benzene rings is 1. The molecular weight excluding hydrogens is 215 g/mol. The van der Waals surface area contributed by atoms with Crippen molar-refractivity contribution >= 4 is 17.1 Å². The number of halogens is 3. The van der Waals surface area contributed by atoms with Crippen LogP contribution in [0.3, 0.4) is 0 Å². The molecule has 5 nitrogen and oxygen atoms in total. The summed E-state index contributed by atoms with van der Waals surface area (Å²) in [5, 5.41) is 10.4. The molecule has 0 aliphatic carbocycles. The molecule has 1 rings (SSSR count). The topological polar surface area (TPSA) is 95.2 Å². The van der Waals surface area contributed by atoms with Crippen LogP contribution in [0.2, 0.25) is 0 Å². The van der Waals surface area contributed by atoms with Crippen LogP contribution in [0.15, 0.2) is 12.1 Å². The number of anilines is 2. The van der Waals surface area contributed by atoms with Crippen LogP contribution in [0.5, 0.6) is 0 Å². The van der Waals surface area contributed by atoms with Crippen molar-refractivity contribution in [3.8, 4) is 0 Å². The van der Waals surface area contributed by atoms with E-state index in [9.17, 15) is 23.3 Å². The van der Waals surface area contributed by atoms with Crippen LogP contribution in [0.25, 0.3) is 0 Å². The zero-order chi connectivity index (χ0) is 11.8. The molecule has 0 saturated carbocycles. The molecule has 0 heterocycles. The smallest absolute Gasteiger partial charge is 0.393 e. The fourth-order valence-corrected chi connectivity index (χ4v) is 1.08. The maximum Gasteiger partial charge on any atom is 0.418 e. The first-order valence-electron chi connectivity index (χ1n) is 3.64. The Hall–Kier alpha value is -1.99. The molecule has 82 valence electrons. The van der Waals surface area contributed by atoms with E-state index < -0.39 is 33.7 Å². The average Bonchev–Trinajstić information content (AvgIpc) is 2.00. The number of hydrogen-bond donors (Lipinski definition) is 2. The SMILES string of the molecule is Nc1ccc(C(F)(F)F)c(N)c1[N+](=O)[O-]. The van der Waals surface area contributed by atoms with E-state index >= 15 is 0 Å². The quantitative estimate of drug-likeness (QED) is 0.429. The summed E-state index contributed by atoms with van der Waals surface area (Å²) in [6, 6.07) is 1.41. The van der Waals surface area contributed by atoms with Crippen molar-refractivity contribution in [3.63, 3.8) is 0 Å². The number of nitro benzene ring substituents is 1. The van der Waals surface area contributed by atoms with Gasteiger partial charge in [0.25, 0.3) is 0 Å². The molecule has 1 aromatic carbocycles. The number of rotatable bonds is 1. The van der Waals surface area contributed by atoms with Gasteiger partial charge in [-0.15, -0.1) is 0 Å². The van der Waals surface area contributed by atoms with Gasteiger partial charge in [-0.3, -0.25) is 10.1 Å². The molecular formula is C7H6F3N3O2. The number of nitrogens with two attached hydrogens (primary N) is 2. The predicted molar refractivity (Wildman–Crippen MR) is 46.9 cm³/mol. The Bertz CT molecular complexity index is 417. The molecule has 0 fully saturated rings. The summed E-state index contributed by atoms with van der Waals surface area (Å²) in [5.74, 6) is 0. The summed E-state index contributed by atoms with van der Waals surface area (Å²) in [5.41, 5.74) is 6.64. The third-order valence-corrected chi connectivity index (χ3v) is 1.74. The molecule has 0 spiro atoms. The van der Waals surface area contributed by atoms with Gasteiger partial charge < -0.3 is 11.5 Å². The van der Waals surface area contributed by atoms with Gasteiger partial charge in [0.05, 0.1) is 10.5 Å². The second-order valence-electron chi connectivity index (χ2n) is 2.72. The fraction of sp³-hybridized carbons (Fsp3) is 0.143. The first-order chi connectivity index (χ1) is 6.75. The summed E-state index contributed by atoms with van der Waals surface area (Å²) in [6.45, 7) is 0. The number of alkyl halides is 3. The van der Waals surface area contributed by atoms with Gasteiger partial charge in [0.1, 0.15) is 11.4 Å². The van der Waals surface area contributed by atoms with Crippen LogP contribution in [-0.4, -0.2) is 4.92 Å². The molecule has 0 unspecified atom stereocenters. The summed E-state index contributed by atoms with van der Waals surface area (Å²) in [7, 11) is 0. The zero-order valence-electron chi connectivity index (χ0n) is 7.21. The van der Waals surface area contributed by atoms with E-state index in [0.29, 0.717) is 6.07 Å². The summed E-state index contributed by atoms with van der Waals surface area (Å²) in [6.07, 6.45) is -4.73. The lowest BCUT2D eigenvalue weighted by molar-refractivity contribution is -0.383. The monoisotopic (exact) mass is 221 g/mol. The maximum atomic E-state index is 12.3. The second kappa shape index (κ2) is 3.30. The first-order valence-corrected chi connectivity index (χ1v) is 3.64. The highest BCUT2D eigenvalue weighted by atomic mass is 19.4. The van der Waals surface area contributed by atoms with Gasteiger partial charge in [-0.25, -0.2) is 0 Å². The van der Waals surface area contributed by atoms with Crippen LogP contribution in [0, 0.1) is 10.1 Å². The van der Waals surface area contributed by atoms with E-state index in [1.54, 1.807) is 0 Å². The molecule has 4 N–H and O–H groups in total. The van der Waals surface area contributed by atoms with Gasteiger partial charge in [-0.05, 0) is 12.1 Å². The van der Waals surface area contributed by atoms with Crippen molar-refractivity contribution in [1.29, 1.82) is 0 Å². The van der Waals surface area contributed by atoms with E-state index in [4.69, 9.17) is 11.5 Å². The third-order valence-electron chi connectivity index (χ3n) is 1.74. The molecule has 8 heteroatoms. The molecule has 0 saturated heterocycles. The average molecular weight is 221 g/mol. The third kappa shape index (κ3) is 1.92. The minimum absolute atomic E-state index is 0.398. The molecule has 0 radical (unpaired) electrons. The molecule has 0 aliphatic heterocycles. The van der Waals surface area contributed by atoms with E-state index in [1.165, 1.54) is 0 Å². The number of nitrogens with zero attached hydrogens (tertiary/aromatic N) is 1. The highest BCUT2D eigenvalue weighted by molar-refractivity contribution is 5.76. The molecule has 15 heavy (non-hydrogen) atoms. The minimum atomic E-state index is -4.73. The Morgan fingerprint density at radius 1 is 1.27 bits per heavy atom. The van der Waals surface area contributed by atoms with Gasteiger partial charge in [-0.1, -0.05) is 0 Å². The van der Waals surface area contributed by atoms with Crippen molar-refractivity contribution in [2.24, 2.45) is 0 Å². The van der Waals surface area contributed by atoms with Crippen LogP contribution >= 0.6 is 0 Å². The minimum Gasteiger partial charge on any atom is -0.393 e. The number of nitro groups is 1. The number of hydrogen-bond acceptors (Lipinski definition) is 4. The first kappa shape index (κ1) is 11.1. The van der Waals surface area contributed by atoms with Gasteiger partial charge in [-0.2, -0.15) is 13.2 Å². The van der Waals surface area contributed by atoms with Crippen molar-refractivity contribution in [2.45, 2.75) is 6.18 Å². The van der Waals surface area contributed by atoms with Gasteiger partial charge in [0.15, 0.2) is 0 Å². The Morgan fingerprint density at radius 3 is 2.20 bits per heavy atom. The lowest BCUT2D eigenvalue weighted by Gasteiger charge is -2.10. The molecule has 0 aliphatic rings. The predicted octanol–water partition coefficient (Wildman–Crippen LogP) is 1.78. The highest BCUT2D eigenvalue weighted by Gasteiger charge is 2.36. The Kier molecular flexibility index (Phi) is 2.44. The van der Waals surface area contributed by atoms with Gasteiger partial charge in [0, 0.05) is 0 Å². The van der Waals surface area contributed by atoms with E-state index in [1.807, 2.05) is 0 Å². The molecule has 0 bridgehead atoms.